The second kappa shape index (κ2) is 5.40. The van der Waals surface area contributed by atoms with Crippen LogP contribution in [0.2, 0.25) is 0 Å². The lowest BCUT2D eigenvalue weighted by molar-refractivity contribution is 0.0507. The molecule has 0 bridgehead atoms. The summed E-state index contributed by atoms with van der Waals surface area (Å²) in [6, 6.07) is 1.49. The highest BCUT2D eigenvalue weighted by atomic mass is 16.6. The summed E-state index contributed by atoms with van der Waals surface area (Å²) >= 11 is 0. The number of methoxy groups -OCH3 is 1. The maximum absolute atomic E-state index is 12.3. The number of carboxylic acid groups (broad SMARTS) is 1. The first kappa shape index (κ1) is 15.4. The van der Waals surface area contributed by atoms with Gasteiger partial charge in [-0.3, -0.25) is 0 Å². The van der Waals surface area contributed by atoms with Crippen LogP contribution >= 0.6 is 0 Å². The Labute approximate surface area is 122 Å². The van der Waals surface area contributed by atoms with Gasteiger partial charge in [0.1, 0.15) is 17.1 Å². The standard InChI is InChI=1S/C14H20N2O5/c1-14(2,3)21-13(19)16-10(12(17)18)6-8-5-9(20-4)7-15-11(8)16/h6,9,15H,5,7H2,1-4H3,(H,17,18)/t9-/m0/s1. The van der Waals surface area contributed by atoms with E-state index in [0.717, 1.165) is 10.1 Å². The normalized spacial score (nSPS) is 17.8. The minimum Gasteiger partial charge on any atom is -0.477 e. The Morgan fingerprint density at radius 2 is 2.10 bits per heavy atom. The molecule has 7 nitrogen and oxygen atoms in total. The van der Waals surface area contributed by atoms with Gasteiger partial charge in [-0.1, -0.05) is 0 Å². The molecule has 1 aromatic heterocycles. The number of hydrogen-bond acceptors (Lipinski definition) is 5. The van der Waals surface area contributed by atoms with Crippen molar-refractivity contribution in [2.75, 3.05) is 19.0 Å². The van der Waals surface area contributed by atoms with Crippen LogP contribution in [0.25, 0.3) is 0 Å². The molecule has 0 saturated heterocycles. The largest absolute Gasteiger partial charge is 0.477 e. The number of carbonyl (C=O) groups is 2. The summed E-state index contributed by atoms with van der Waals surface area (Å²) in [6.45, 7) is 5.70. The van der Waals surface area contributed by atoms with Crippen molar-refractivity contribution in [2.24, 2.45) is 0 Å². The zero-order valence-electron chi connectivity index (χ0n) is 12.6. The number of hydrogen-bond donors (Lipinski definition) is 2. The maximum atomic E-state index is 12.3. The molecule has 0 fully saturated rings. The average molecular weight is 296 g/mol. The van der Waals surface area contributed by atoms with E-state index < -0.39 is 17.7 Å². The average Bonchev–Trinajstić information content (AvgIpc) is 2.74. The summed E-state index contributed by atoms with van der Waals surface area (Å²) in [7, 11) is 1.60. The predicted octanol–water partition coefficient (Wildman–Crippen LogP) is 1.95. The highest BCUT2D eigenvalue weighted by Gasteiger charge is 2.31. The summed E-state index contributed by atoms with van der Waals surface area (Å²) in [4.78, 5) is 23.6. The molecule has 7 heteroatoms. The van der Waals surface area contributed by atoms with Gasteiger partial charge < -0.3 is 19.9 Å². The molecule has 2 N–H and O–H groups in total. The SMILES string of the molecule is CO[C@@H]1CNc2c(cc(C(=O)O)n2C(=O)OC(C)(C)C)C1. The van der Waals surface area contributed by atoms with Crippen molar-refractivity contribution in [3.63, 3.8) is 0 Å². The second-order valence-corrected chi connectivity index (χ2v) is 5.97. The summed E-state index contributed by atoms with van der Waals surface area (Å²) in [6.07, 6.45) is -0.201. The molecule has 0 spiro atoms. The number of carbonyl (C=O) groups excluding carboxylic acids is 1. The van der Waals surface area contributed by atoms with Crippen molar-refractivity contribution in [3.05, 3.63) is 17.3 Å². The van der Waals surface area contributed by atoms with Gasteiger partial charge in [0.15, 0.2) is 0 Å². The van der Waals surface area contributed by atoms with E-state index in [4.69, 9.17) is 9.47 Å². The number of aromatic nitrogens is 1. The highest BCUT2D eigenvalue weighted by molar-refractivity contribution is 5.94. The van der Waals surface area contributed by atoms with Crippen LogP contribution < -0.4 is 5.32 Å². The van der Waals surface area contributed by atoms with Crippen LogP contribution in [0.3, 0.4) is 0 Å². The monoisotopic (exact) mass is 296 g/mol. The van der Waals surface area contributed by atoms with E-state index in [0.29, 0.717) is 18.8 Å². The molecule has 21 heavy (non-hydrogen) atoms. The fraction of sp³-hybridized carbons (Fsp3) is 0.571. The third-order valence-electron chi connectivity index (χ3n) is 3.15. The van der Waals surface area contributed by atoms with Gasteiger partial charge in [-0.05, 0) is 32.4 Å². The lowest BCUT2D eigenvalue weighted by atomic mass is 10.1. The molecule has 2 heterocycles. The van der Waals surface area contributed by atoms with E-state index in [9.17, 15) is 14.7 Å². The maximum Gasteiger partial charge on any atom is 0.420 e. The highest BCUT2D eigenvalue weighted by Crippen LogP contribution is 2.28. The molecular formula is C14H20N2O5. The van der Waals surface area contributed by atoms with Crippen LogP contribution in [0, 0.1) is 0 Å². The van der Waals surface area contributed by atoms with Crippen LogP contribution in [0.5, 0.6) is 0 Å². The Morgan fingerprint density at radius 3 is 2.62 bits per heavy atom. The molecule has 1 atom stereocenters. The molecule has 1 aliphatic rings. The van der Waals surface area contributed by atoms with Gasteiger partial charge >= 0.3 is 12.1 Å². The lowest BCUT2D eigenvalue weighted by Gasteiger charge is -2.25. The Bertz CT molecular complexity index is 571. The Morgan fingerprint density at radius 1 is 1.43 bits per heavy atom. The van der Waals surface area contributed by atoms with Crippen LogP contribution in [0.4, 0.5) is 10.6 Å². The van der Waals surface area contributed by atoms with E-state index in [2.05, 4.69) is 5.32 Å². The number of anilines is 1. The Kier molecular flexibility index (Phi) is 3.95. The predicted molar refractivity (Wildman–Crippen MR) is 76.0 cm³/mol. The molecule has 2 rings (SSSR count). The van der Waals surface area contributed by atoms with E-state index in [1.54, 1.807) is 27.9 Å². The smallest absolute Gasteiger partial charge is 0.420 e. The first-order chi connectivity index (χ1) is 9.73. The molecule has 0 radical (unpaired) electrons. The van der Waals surface area contributed by atoms with Crippen molar-refractivity contribution in [1.82, 2.24) is 4.57 Å². The Balaban J connectivity index is 2.42. The summed E-state index contributed by atoms with van der Waals surface area (Å²) < 4.78 is 11.6. The van der Waals surface area contributed by atoms with E-state index >= 15 is 0 Å². The van der Waals surface area contributed by atoms with Gasteiger partial charge in [-0.2, -0.15) is 0 Å². The third-order valence-corrected chi connectivity index (χ3v) is 3.15. The van der Waals surface area contributed by atoms with Gasteiger partial charge in [0.2, 0.25) is 0 Å². The van der Waals surface area contributed by atoms with Gasteiger partial charge in [0.05, 0.1) is 6.10 Å². The third kappa shape index (κ3) is 3.18. The lowest BCUT2D eigenvalue weighted by Crippen LogP contribution is -2.33. The number of carboxylic acids is 1. The zero-order chi connectivity index (χ0) is 15.8. The quantitative estimate of drug-likeness (QED) is 0.867. The molecule has 116 valence electrons. The zero-order valence-corrected chi connectivity index (χ0v) is 12.6. The number of ether oxygens (including phenoxy) is 2. The molecule has 0 aliphatic carbocycles. The summed E-state index contributed by atoms with van der Waals surface area (Å²) in [5.41, 5.74) is -0.0804. The first-order valence-electron chi connectivity index (χ1n) is 6.71. The minimum atomic E-state index is -1.17. The minimum absolute atomic E-state index is 0.0476. The molecule has 0 unspecified atom stereocenters. The number of nitrogens with one attached hydrogen (secondary N) is 1. The van der Waals surface area contributed by atoms with Gasteiger partial charge in [-0.15, -0.1) is 0 Å². The van der Waals surface area contributed by atoms with Crippen molar-refractivity contribution in [2.45, 2.75) is 38.9 Å². The number of fused-ring (bicyclic) bond motifs is 1. The number of aromatic carboxylic acids is 1. The van der Waals surface area contributed by atoms with Gasteiger partial charge in [0.25, 0.3) is 0 Å². The Hall–Kier alpha value is -2.02. The summed E-state index contributed by atoms with van der Waals surface area (Å²) in [5, 5.41) is 12.3. The first-order valence-corrected chi connectivity index (χ1v) is 6.71. The van der Waals surface area contributed by atoms with E-state index in [1.807, 2.05) is 0 Å². The molecule has 0 amide bonds. The van der Waals surface area contributed by atoms with Crippen LogP contribution in [0.1, 0.15) is 36.8 Å². The van der Waals surface area contributed by atoms with Crippen LogP contribution in [-0.2, 0) is 15.9 Å². The van der Waals surface area contributed by atoms with Gasteiger partial charge in [-0.25, -0.2) is 14.2 Å². The fourth-order valence-electron chi connectivity index (χ4n) is 2.26. The van der Waals surface area contributed by atoms with Crippen molar-refractivity contribution >= 4 is 17.9 Å². The number of rotatable bonds is 2. The van der Waals surface area contributed by atoms with Gasteiger partial charge in [0, 0.05) is 20.1 Å². The molecular weight excluding hydrogens is 276 g/mol. The fourth-order valence-corrected chi connectivity index (χ4v) is 2.26. The van der Waals surface area contributed by atoms with Crippen molar-refractivity contribution in [1.29, 1.82) is 0 Å². The molecule has 0 saturated carbocycles. The topological polar surface area (TPSA) is 89.8 Å². The second-order valence-electron chi connectivity index (χ2n) is 5.97. The summed E-state index contributed by atoms with van der Waals surface area (Å²) in [5.74, 6) is -0.707. The molecule has 1 aromatic rings. The van der Waals surface area contributed by atoms with Crippen LogP contribution in [-0.4, -0.2) is 47.1 Å². The molecule has 1 aliphatic heterocycles. The van der Waals surface area contributed by atoms with Crippen LogP contribution in [0.15, 0.2) is 6.07 Å². The van der Waals surface area contributed by atoms with Crippen molar-refractivity contribution < 1.29 is 24.2 Å². The van der Waals surface area contributed by atoms with E-state index in [-0.39, 0.29) is 11.8 Å². The number of nitrogens with zero attached hydrogens (tertiary/aromatic N) is 1. The molecule has 0 aromatic carbocycles. The van der Waals surface area contributed by atoms with E-state index in [1.165, 1.54) is 6.07 Å². The van der Waals surface area contributed by atoms with Crippen molar-refractivity contribution in [3.8, 4) is 0 Å².